The SMILES string of the molecule is COCCOCCOCCOCCOCCOCCNS(=O)(=O)C(C#N)=Cc1ccc2cc(N3CCCCC3)ccc2c1. The number of piperidine rings is 1. The molecule has 0 radical (unpaired) electrons. The zero-order chi connectivity index (χ0) is 30.6. The average Bonchev–Trinajstić information content (AvgIpc) is 3.03. The fraction of sp³-hybridized carbons (Fsp3) is 0.581. The minimum atomic E-state index is -3.97. The molecule has 11 nitrogen and oxygen atoms in total. The van der Waals surface area contributed by atoms with E-state index in [4.69, 9.17) is 28.4 Å². The summed E-state index contributed by atoms with van der Waals surface area (Å²) in [5.41, 5.74) is 1.85. The highest BCUT2D eigenvalue weighted by atomic mass is 32.2. The van der Waals surface area contributed by atoms with Crippen molar-refractivity contribution in [2.24, 2.45) is 0 Å². The molecular formula is C31H45N3O8S. The number of nitrogens with zero attached hydrogens (tertiary/aromatic N) is 2. The summed E-state index contributed by atoms with van der Waals surface area (Å²) in [5, 5.41) is 11.6. The van der Waals surface area contributed by atoms with Crippen LogP contribution in [0.2, 0.25) is 0 Å². The van der Waals surface area contributed by atoms with Gasteiger partial charge in [0.25, 0.3) is 10.0 Å². The van der Waals surface area contributed by atoms with Gasteiger partial charge in [0.2, 0.25) is 0 Å². The van der Waals surface area contributed by atoms with Crippen LogP contribution in [0.15, 0.2) is 41.3 Å². The second-order valence-corrected chi connectivity index (χ2v) is 11.6. The summed E-state index contributed by atoms with van der Waals surface area (Å²) >= 11 is 0. The van der Waals surface area contributed by atoms with Crippen molar-refractivity contribution in [2.45, 2.75) is 19.3 Å². The molecule has 238 valence electrons. The van der Waals surface area contributed by atoms with E-state index in [9.17, 15) is 13.7 Å². The molecule has 1 N–H and O–H groups in total. The molecule has 0 unspecified atom stereocenters. The minimum absolute atomic E-state index is 0.0406. The van der Waals surface area contributed by atoms with E-state index in [-0.39, 0.29) is 18.1 Å². The van der Waals surface area contributed by atoms with Gasteiger partial charge >= 0.3 is 0 Å². The largest absolute Gasteiger partial charge is 0.382 e. The number of rotatable bonds is 22. The van der Waals surface area contributed by atoms with Crippen LogP contribution in [0.4, 0.5) is 5.69 Å². The van der Waals surface area contributed by atoms with Crippen molar-refractivity contribution in [3.8, 4) is 6.07 Å². The average molecular weight is 620 g/mol. The van der Waals surface area contributed by atoms with Gasteiger partial charge in [-0.25, -0.2) is 13.1 Å². The summed E-state index contributed by atoms with van der Waals surface area (Å²) in [4.78, 5) is 2.06. The van der Waals surface area contributed by atoms with Crippen molar-refractivity contribution >= 4 is 32.6 Å². The smallest absolute Gasteiger partial charge is 0.250 e. The standard InChI is InChI=1S/C31H45N3O8S/c1-37-13-14-39-17-18-41-21-22-42-20-19-40-16-15-38-12-9-33-43(35,36)31(26-32)24-27-5-6-29-25-30(8-7-28(29)23-27)34-10-3-2-4-11-34/h5-8,23-25,33H,2-4,9-22H2,1H3. The lowest BCUT2D eigenvalue weighted by Gasteiger charge is -2.29. The number of benzene rings is 2. The van der Waals surface area contributed by atoms with Crippen molar-refractivity contribution in [3.05, 3.63) is 46.9 Å². The lowest BCUT2D eigenvalue weighted by molar-refractivity contribution is -0.0143. The Labute approximate surface area is 255 Å². The van der Waals surface area contributed by atoms with Crippen LogP contribution in [0.1, 0.15) is 24.8 Å². The molecule has 3 rings (SSSR count). The molecule has 0 aromatic heterocycles. The van der Waals surface area contributed by atoms with Gasteiger partial charge in [-0.3, -0.25) is 0 Å². The summed E-state index contributed by atoms with van der Waals surface area (Å²) in [7, 11) is -2.34. The Balaban J connectivity index is 1.28. The first-order chi connectivity index (χ1) is 21.0. The third kappa shape index (κ3) is 13.3. The van der Waals surface area contributed by atoms with Crippen molar-refractivity contribution in [1.29, 1.82) is 5.26 Å². The maximum atomic E-state index is 12.7. The molecule has 1 heterocycles. The number of nitriles is 1. The molecule has 2 aromatic rings. The quantitative estimate of drug-likeness (QED) is 0.155. The maximum absolute atomic E-state index is 12.7. The molecule has 1 saturated heterocycles. The second-order valence-electron chi connectivity index (χ2n) is 9.91. The van der Waals surface area contributed by atoms with Crippen molar-refractivity contribution in [3.63, 3.8) is 0 Å². The predicted octanol–water partition coefficient (Wildman–Crippen LogP) is 3.34. The van der Waals surface area contributed by atoms with Crippen LogP contribution < -0.4 is 9.62 Å². The van der Waals surface area contributed by atoms with Crippen LogP contribution in [-0.2, 0) is 38.4 Å². The zero-order valence-electron chi connectivity index (χ0n) is 25.1. The van der Waals surface area contributed by atoms with Crippen molar-refractivity contribution in [2.75, 3.05) is 104 Å². The van der Waals surface area contributed by atoms with Gasteiger partial charge in [0.05, 0.1) is 72.7 Å². The van der Waals surface area contributed by atoms with Crippen molar-refractivity contribution < 1.29 is 36.8 Å². The maximum Gasteiger partial charge on any atom is 0.250 e. The highest BCUT2D eigenvalue weighted by molar-refractivity contribution is 7.93. The van der Waals surface area contributed by atoms with Gasteiger partial charge in [-0.15, -0.1) is 0 Å². The number of anilines is 1. The fourth-order valence-corrected chi connectivity index (χ4v) is 5.38. The number of allylic oxidation sites excluding steroid dienone is 1. The zero-order valence-corrected chi connectivity index (χ0v) is 25.9. The van der Waals surface area contributed by atoms with Crippen molar-refractivity contribution in [1.82, 2.24) is 4.72 Å². The monoisotopic (exact) mass is 619 g/mol. The molecule has 1 aliphatic rings. The van der Waals surface area contributed by atoms with Crippen LogP contribution in [0.25, 0.3) is 16.8 Å². The molecule has 0 bridgehead atoms. The molecule has 0 spiro atoms. The number of nitrogens with one attached hydrogen (secondary N) is 1. The first-order valence-electron chi connectivity index (χ1n) is 14.8. The number of hydrogen-bond acceptors (Lipinski definition) is 10. The van der Waals surface area contributed by atoms with E-state index < -0.39 is 10.0 Å². The van der Waals surface area contributed by atoms with Gasteiger partial charge in [-0.2, -0.15) is 5.26 Å². The Morgan fingerprint density at radius 2 is 1.33 bits per heavy atom. The van der Waals surface area contributed by atoms with Crippen LogP contribution >= 0.6 is 0 Å². The number of hydrogen-bond donors (Lipinski definition) is 1. The minimum Gasteiger partial charge on any atom is -0.382 e. The third-order valence-electron chi connectivity index (χ3n) is 6.72. The molecule has 1 aliphatic heterocycles. The molecule has 1 fully saturated rings. The topological polar surface area (TPSA) is 129 Å². The van der Waals surface area contributed by atoms with Gasteiger partial charge in [0.15, 0.2) is 4.91 Å². The van der Waals surface area contributed by atoms with Gasteiger partial charge in [-0.1, -0.05) is 18.2 Å². The van der Waals surface area contributed by atoms with E-state index in [1.807, 2.05) is 30.3 Å². The number of methoxy groups -OCH3 is 1. The Hall–Kier alpha value is -2.60. The molecule has 2 aromatic carbocycles. The summed E-state index contributed by atoms with van der Waals surface area (Å²) in [6, 6.07) is 13.8. The molecule has 43 heavy (non-hydrogen) atoms. The van der Waals surface area contributed by atoms with E-state index >= 15 is 0 Å². The summed E-state index contributed by atoms with van der Waals surface area (Å²) in [6.45, 7) is 6.97. The van der Waals surface area contributed by atoms with E-state index in [1.54, 1.807) is 7.11 Å². The Bertz CT molecular complexity index is 1260. The molecule has 12 heteroatoms. The number of fused-ring (bicyclic) bond motifs is 1. The van der Waals surface area contributed by atoms with Crippen LogP contribution in [0.5, 0.6) is 0 Å². The third-order valence-corrected chi connectivity index (χ3v) is 8.10. The highest BCUT2D eigenvalue weighted by Gasteiger charge is 2.17. The summed E-state index contributed by atoms with van der Waals surface area (Å²) < 4.78 is 59.7. The van der Waals surface area contributed by atoms with E-state index in [0.717, 1.165) is 23.9 Å². The van der Waals surface area contributed by atoms with Gasteiger partial charge in [0.1, 0.15) is 6.07 Å². The molecule has 0 atom stereocenters. The summed E-state index contributed by atoms with van der Waals surface area (Å²) in [5.74, 6) is 0. The Morgan fingerprint density at radius 1 is 0.791 bits per heavy atom. The second kappa shape index (κ2) is 20.4. The van der Waals surface area contributed by atoms with E-state index in [1.165, 1.54) is 31.0 Å². The van der Waals surface area contributed by atoms with Crippen LogP contribution in [0.3, 0.4) is 0 Å². The van der Waals surface area contributed by atoms with Crippen LogP contribution in [-0.4, -0.2) is 108 Å². The van der Waals surface area contributed by atoms with Gasteiger partial charge in [-0.05, 0) is 59.9 Å². The fourth-order valence-electron chi connectivity index (χ4n) is 4.46. The summed E-state index contributed by atoms with van der Waals surface area (Å²) in [6.07, 6.45) is 5.09. The van der Waals surface area contributed by atoms with Gasteiger partial charge < -0.3 is 33.3 Å². The first kappa shape index (κ1) is 34.9. The number of sulfonamides is 1. The molecule has 0 aliphatic carbocycles. The lowest BCUT2D eigenvalue weighted by Crippen LogP contribution is -2.29. The van der Waals surface area contributed by atoms with E-state index in [0.29, 0.717) is 71.6 Å². The normalized spacial score (nSPS) is 14.3. The first-order valence-corrected chi connectivity index (χ1v) is 16.3. The lowest BCUT2D eigenvalue weighted by atomic mass is 10.0. The van der Waals surface area contributed by atoms with E-state index in [2.05, 4.69) is 21.8 Å². The van der Waals surface area contributed by atoms with Gasteiger partial charge in [0, 0.05) is 32.4 Å². The van der Waals surface area contributed by atoms with Crippen LogP contribution in [0, 0.1) is 11.3 Å². The number of ether oxygens (including phenoxy) is 6. The predicted molar refractivity (Wildman–Crippen MR) is 166 cm³/mol. The molecule has 0 saturated carbocycles. The molecule has 0 amide bonds. The Morgan fingerprint density at radius 3 is 1.91 bits per heavy atom. The Kier molecular flexibility index (Phi) is 16.5. The highest BCUT2D eigenvalue weighted by Crippen LogP contribution is 2.26. The molecular weight excluding hydrogens is 574 g/mol.